The van der Waals surface area contributed by atoms with Crippen molar-refractivity contribution in [3.63, 3.8) is 0 Å². The number of carbonyl (C=O) groups excluding carboxylic acids is 2. The van der Waals surface area contributed by atoms with Gasteiger partial charge in [0.15, 0.2) is 11.9 Å². The number of carboxylic acid groups (broad SMARTS) is 1. The lowest BCUT2D eigenvalue weighted by molar-refractivity contribution is -0.159. The first kappa shape index (κ1) is 15.4. The second kappa shape index (κ2) is 6.32. The standard InChI is InChI=1S/C13H17N5O5/c19-11(17-3-4-23-9(5-17)13(21)22)7-18-6-10(15-16-18)14-12(20)8-1-2-8/h6,8-9H,1-5,7H2,(H,14,20)(H,21,22). The average molecular weight is 323 g/mol. The Kier molecular flexibility index (Phi) is 4.24. The summed E-state index contributed by atoms with van der Waals surface area (Å²) in [7, 11) is 0. The zero-order valence-electron chi connectivity index (χ0n) is 12.3. The van der Waals surface area contributed by atoms with Crippen LogP contribution in [0.3, 0.4) is 0 Å². The second-order valence-corrected chi connectivity index (χ2v) is 5.60. The van der Waals surface area contributed by atoms with E-state index in [0.717, 1.165) is 12.8 Å². The van der Waals surface area contributed by atoms with Crippen LogP contribution in [0.5, 0.6) is 0 Å². The monoisotopic (exact) mass is 323 g/mol. The zero-order valence-corrected chi connectivity index (χ0v) is 12.3. The van der Waals surface area contributed by atoms with Gasteiger partial charge in [-0.3, -0.25) is 9.59 Å². The van der Waals surface area contributed by atoms with Crippen LogP contribution in [-0.4, -0.2) is 68.6 Å². The first-order valence-electron chi connectivity index (χ1n) is 7.36. The minimum Gasteiger partial charge on any atom is -0.479 e. The van der Waals surface area contributed by atoms with Gasteiger partial charge in [0.2, 0.25) is 11.8 Å². The summed E-state index contributed by atoms with van der Waals surface area (Å²) in [6.07, 6.45) is 2.25. The number of morpholine rings is 1. The van der Waals surface area contributed by atoms with Gasteiger partial charge in [0.05, 0.1) is 19.3 Å². The summed E-state index contributed by atoms with van der Waals surface area (Å²) in [5.74, 6) is -1.08. The maximum atomic E-state index is 12.2. The summed E-state index contributed by atoms with van der Waals surface area (Å²) in [4.78, 5) is 36.1. The third kappa shape index (κ3) is 3.83. The van der Waals surface area contributed by atoms with Gasteiger partial charge >= 0.3 is 5.97 Å². The molecule has 10 heteroatoms. The van der Waals surface area contributed by atoms with E-state index in [9.17, 15) is 14.4 Å². The summed E-state index contributed by atoms with van der Waals surface area (Å²) >= 11 is 0. The molecule has 2 amide bonds. The van der Waals surface area contributed by atoms with Crippen LogP contribution in [0.15, 0.2) is 6.20 Å². The number of ether oxygens (including phenoxy) is 1. The van der Waals surface area contributed by atoms with Gasteiger partial charge in [-0.05, 0) is 12.8 Å². The van der Waals surface area contributed by atoms with Crippen molar-refractivity contribution < 1.29 is 24.2 Å². The molecule has 2 N–H and O–H groups in total. The molecule has 2 heterocycles. The van der Waals surface area contributed by atoms with Crippen molar-refractivity contribution in [2.75, 3.05) is 25.0 Å². The van der Waals surface area contributed by atoms with Crippen LogP contribution >= 0.6 is 0 Å². The Balaban J connectivity index is 1.54. The maximum Gasteiger partial charge on any atom is 0.334 e. The van der Waals surface area contributed by atoms with E-state index < -0.39 is 12.1 Å². The minimum atomic E-state index is -1.09. The van der Waals surface area contributed by atoms with Gasteiger partial charge in [0.1, 0.15) is 6.54 Å². The van der Waals surface area contributed by atoms with Crippen molar-refractivity contribution in [3.05, 3.63) is 6.20 Å². The van der Waals surface area contributed by atoms with Gasteiger partial charge < -0.3 is 20.1 Å². The van der Waals surface area contributed by atoms with Crippen molar-refractivity contribution >= 4 is 23.6 Å². The maximum absolute atomic E-state index is 12.2. The molecular formula is C13H17N5O5. The molecule has 2 fully saturated rings. The lowest BCUT2D eigenvalue weighted by Crippen LogP contribution is -2.49. The van der Waals surface area contributed by atoms with Gasteiger partial charge in [-0.25, -0.2) is 9.48 Å². The number of aromatic nitrogens is 3. The molecule has 1 atom stereocenters. The van der Waals surface area contributed by atoms with Crippen molar-refractivity contribution in [2.24, 2.45) is 5.92 Å². The fourth-order valence-electron chi connectivity index (χ4n) is 2.27. The van der Waals surface area contributed by atoms with Crippen molar-refractivity contribution in [1.82, 2.24) is 19.9 Å². The first-order valence-corrected chi connectivity index (χ1v) is 7.36. The molecule has 2 aliphatic rings. The number of carboxylic acids is 1. The van der Waals surface area contributed by atoms with Gasteiger partial charge in [0, 0.05) is 12.5 Å². The summed E-state index contributed by atoms with van der Waals surface area (Å²) in [5, 5.41) is 19.2. The molecule has 0 spiro atoms. The second-order valence-electron chi connectivity index (χ2n) is 5.60. The molecule has 1 aromatic heterocycles. The molecule has 0 aromatic carbocycles. The number of rotatable bonds is 5. The number of anilines is 1. The fraction of sp³-hybridized carbons (Fsp3) is 0.615. The third-order valence-electron chi connectivity index (χ3n) is 3.73. The topological polar surface area (TPSA) is 127 Å². The zero-order chi connectivity index (χ0) is 16.4. The molecule has 1 saturated carbocycles. The van der Waals surface area contributed by atoms with Gasteiger partial charge in [0.25, 0.3) is 0 Å². The van der Waals surface area contributed by atoms with Crippen LogP contribution in [0, 0.1) is 5.92 Å². The van der Waals surface area contributed by atoms with Crippen molar-refractivity contribution in [2.45, 2.75) is 25.5 Å². The molecule has 1 aromatic rings. The predicted octanol–water partition coefficient (Wildman–Crippen LogP) is -1.06. The highest BCUT2D eigenvalue weighted by atomic mass is 16.5. The largest absolute Gasteiger partial charge is 0.479 e. The Hall–Kier alpha value is -2.49. The Morgan fingerprint density at radius 1 is 1.39 bits per heavy atom. The van der Waals surface area contributed by atoms with E-state index >= 15 is 0 Å². The Bertz CT molecular complexity index is 626. The lowest BCUT2D eigenvalue weighted by Gasteiger charge is -2.30. The third-order valence-corrected chi connectivity index (χ3v) is 3.73. The molecule has 0 bridgehead atoms. The van der Waals surface area contributed by atoms with E-state index in [1.807, 2.05) is 0 Å². The lowest BCUT2D eigenvalue weighted by atomic mass is 10.2. The molecule has 1 aliphatic heterocycles. The molecule has 1 aliphatic carbocycles. The quantitative estimate of drug-likeness (QED) is 0.707. The fourth-order valence-corrected chi connectivity index (χ4v) is 2.27. The van der Waals surface area contributed by atoms with Crippen molar-refractivity contribution in [1.29, 1.82) is 0 Å². The number of hydrogen-bond acceptors (Lipinski definition) is 6. The van der Waals surface area contributed by atoms with E-state index in [-0.39, 0.29) is 37.4 Å². The number of nitrogens with one attached hydrogen (secondary N) is 1. The van der Waals surface area contributed by atoms with Gasteiger partial charge in [-0.1, -0.05) is 5.21 Å². The van der Waals surface area contributed by atoms with E-state index in [4.69, 9.17) is 9.84 Å². The average Bonchev–Trinajstić information content (AvgIpc) is 3.30. The number of nitrogens with zero attached hydrogens (tertiary/aromatic N) is 4. The molecule has 124 valence electrons. The molecule has 10 nitrogen and oxygen atoms in total. The molecule has 1 unspecified atom stereocenters. The van der Waals surface area contributed by atoms with Crippen molar-refractivity contribution in [3.8, 4) is 0 Å². The Morgan fingerprint density at radius 3 is 2.87 bits per heavy atom. The minimum absolute atomic E-state index is 0.00807. The van der Waals surface area contributed by atoms with Crippen LogP contribution < -0.4 is 5.32 Å². The molecule has 1 saturated heterocycles. The summed E-state index contributed by atoms with van der Waals surface area (Å²) in [6, 6.07) is 0. The summed E-state index contributed by atoms with van der Waals surface area (Å²) < 4.78 is 6.39. The van der Waals surface area contributed by atoms with E-state index in [1.165, 1.54) is 15.8 Å². The molecule has 23 heavy (non-hydrogen) atoms. The van der Waals surface area contributed by atoms with Crippen LogP contribution in [0.4, 0.5) is 5.82 Å². The van der Waals surface area contributed by atoms with Crippen LogP contribution in [0.2, 0.25) is 0 Å². The Morgan fingerprint density at radius 2 is 2.17 bits per heavy atom. The number of hydrogen-bond donors (Lipinski definition) is 2. The molecule has 3 rings (SSSR count). The highest BCUT2D eigenvalue weighted by Gasteiger charge is 2.31. The van der Waals surface area contributed by atoms with E-state index in [2.05, 4.69) is 15.6 Å². The van der Waals surface area contributed by atoms with Crippen LogP contribution in [0.25, 0.3) is 0 Å². The first-order chi connectivity index (χ1) is 11.0. The highest BCUT2D eigenvalue weighted by molar-refractivity contribution is 5.93. The van der Waals surface area contributed by atoms with E-state index in [0.29, 0.717) is 12.4 Å². The molecule has 0 radical (unpaired) electrons. The predicted molar refractivity (Wildman–Crippen MR) is 75.3 cm³/mol. The summed E-state index contributed by atoms with van der Waals surface area (Å²) in [6.45, 7) is 0.456. The van der Waals surface area contributed by atoms with Gasteiger partial charge in [-0.15, -0.1) is 5.10 Å². The number of carbonyl (C=O) groups is 3. The highest BCUT2D eigenvalue weighted by Crippen LogP contribution is 2.29. The molecular weight excluding hydrogens is 306 g/mol. The normalized spacial score (nSPS) is 21.0. The number of aliphatic carboxylic acids is 1. The summed E-state index contributed by atoms with van der Waals surface area (Å²) in [5.41, 5.74) is 0. The SMILES string of the molecule is O=C(Nc1cn(CC(=O)N2CCOC(C(=O)O)C2)nn1)C1CC1. The smallest absolute Gasteiger partial charge is 0.334 e. The van der Waals surface area contributed by atoms with E-state index in [1.54, 1.807) is 0 Å². The van der Waals surface area contributed by atoms with Crippen LogP contribution in [0.1, 0.15) is 12.8 Å². The Labute approximate surface area is 131 Å². The number of amides is 2. The van der Waals surface area contributed by atoms with Crippen LogP contribution in [-0.2, 0) is 25.7 Å². The van der Waals surface area contributed by atoms with Gasteiger partial charge in [-0.2, -0.15) is 0 Å².